The molecule has 5 rings (SSSR count). The lowest BCUT2D eigenvalue weighted by atomic mass is 10.2. The lowest BCUT2D eigenvalue weighted by Gasteiger charge is -2.36. The fourth-order valence-electron chi connectivity index (χ4n) is 3.96. The maximum absolute atomic E-state index is 12.8. The smallest absolute Gasteiger partial charge is 0.233 e. The summed E-state index contributed by atoms with van der Waals surface area (Å²) in [6.07, 6.45) is 1.57. The zero-order valence-corrected chi connectivity index (χ0v) is 18.1. The van der Waals surface area contributed by atoms with Gasteiger partial charge in [0.25, 0.3) is 0 Å². The fraction of sp³-hybridized carbons (Fsp3) is 0.261. The van der Waals surface area contributed by atoms with Gasteiger partial charge in [-0.2, -0.15) is 0 Å². The molecule has 4 aromatic rings. The van der Waals surface area contributed by atoms with Gasteiger partial charge in [-0.15, -0.1) is 0 Å². The van der Waals surface area contributed by atoms with E-state index in [-0.39, 0.29) is 5.91 Å². The molecular weight excluding hydrogens is 410 g/mol. The zero-order chi connectivity index (χ0) is 21.2. The first-order chi connectivity index (χ1) is 15.2. The summed E-state index contributed by atoms with van der Waals surface area (Å²) >= 11 is 1.47. The second kappa shape index (κ2) is 8.47. The predicted molar refractivity (Wildman–Crippen MR) is 124 cm³/mol. The average Bonchev–Trinajstić information content (AvgIpc) is 3.22. The Morgan fingerprint density at radius 2 is 1.84 bits per heavy atom. The number of piperazine rings is 1. The first kappa shape index (κ1) is 19.7. The van der Waals surface area contributed by atoms with E-state index < -0.39 is 0 Å². The number of benzene rings is 2. The number of hydrogen-bond donors (Lipinski definition) is 1. The van der Waals surface area contributed by atoms with Crippen LogP contribution in [0.3, 0.4) is 0 Å². The molecule has 8 heteroatoms. The molecule has 0 saturated carbocycles. The SMILES string of the molecule is COc1ccc(N2CCN(C(=O)CSc3ncnc4c3[nH]c3ccccc34)CC2)cc1. The first-order valence-electron chi connectivity index (χ1n) is 10.2. The second-order valence-electron chi connectivity index (χ2n) is 7.43. The number of amides is 1. The number of fused-ring (bicyclic) bond motifs is 3. The summed E-state index contributed by atoms with van der Waals surface area (Å²) in [4.78, 5) is 29.3. The average molecular weight is 434 g/mol. The van der Waals surface area contributed by atoms with Crippen molar-refractivity contribution in [2.75, 3.05) is 43.9 Å². The minimum absolute atomic E-state index is 0.141. The van der Waals surface area contributed by atoms with Gasteiger partial charge >= 0.3 is 0 Å². The molecule has 1 amide bonds. The van der Waals surface area contributed by atoms with Gasteiger partial charge in [0.2, 0.25) is 5.91 Å². The number of nitrogens with one attached hydrogen (secondary N) is 1. The Labute approximate surface area is 184 Å². The third-order valence-corrected chi connectivity index (χ3v) is 6.63. The van der Waals surface area contributed by atoms with Gasteiger partial charge in [0.15, 0.2) is 0 Å². The molecule has 31 heavy (non-hydrogen) atoms. The van der Waals surface area contributed by atoms with Crippen LogP contribution in [-0.4, -0.2) is 64.8 Å². The van der Waals surface area contributed by atoms with Gasteiger partial charge in [-0.3, -0.25) is 4.79 Å². The van der Waals surface area contributed by atoms with E-state index >= 15 is 0 Å². The molecule has 3 heterocycles. The highest BCUT2D eigenvalue weighted by Gasteiger charge is 2.22. The number of aromatic nitrogens is 3. The molecular formula is C23H23N5O2S. The standard InChI is InChI=1S/C23H23N5O2S/c1-30-17-8-6-16(7-9-17)27-10-12-28(13-11-27)20(29)14-31-23-22-21(24-15-25-23)18-4-2-3-5-19(18)26-22/h2-9,15,26H,10-14H2,1H3. The van der Waals surface area contributed by atoms with E-state index in [1.807, 2.05) is 41.3 Å². The molecule has 1 fully saturated rings. The summed E-state index contributed by atoms with van der Waals surface area (Å²) in [6.45, 7) is 3.08. The van der Waals surface area contributed by atoms with E-state index in [1.54, 1.807) is 13.4 Å². The van der Waals surface area contributed by atoms with Crippen LogP contribution in [-0.2, 0) is 4.79 Å². The van der Waals surface area contributed by atoms with Crippen molar-refractivity contribution < 1.29 is 9.53 Å². The van der Waals surface area contributed by atoms with Crippen molar-refractivity contribution in [3.05, 3.63) is 54.9 Å². The summed E-state index contributed by atoms with van der Waals surface area (Å²) in [6, 6.07) is 16.1. The monoisotopic (exact) mass is 433 g/mol. The number of hydrogen-bond acceptors (Lipinski definition) is 6. The van der Waals surface area contributed by atoms with Gasteiger partial charge in [-0.1, -0.05) is 30.0 Å². The minimum Gasteiger partial charge on any atom is -0.497 e. The van der Waals surface area contributed by atoms with Crippen LogP contribution in [0, 0.1) is 0 Å². The molecule has 1 saturated heterocycles. The Morgan fingerprint density at radius 3 is 2.61 bits per heavy atom. The number of ether oxygens (including phenoxy) is 1. The van der Waals surface area contributed by atoms with Gasteiger partial charge in [-0.05, 0) is 30.3 Å². The normalized spacial score (nSPS) is 14.4. The molecule has 0 atom stereocenters. The highest BCUT2D eigenvalue weighted by Crippen LogP contribution is 2.29. The first-order valence-corrected chi connectivity index (χ1v) is 11.2. The van der Waals surface area contributed by atoms with E-state index in [4.69, 9.17) is 4.74 Å². The van der Waals surface area contributed by atoms with Crippen molar-refractivity contribution in [1.29, 1.82) is 0 Å². The molecule has 1 N–H and O–H groups in total. The maximum atomic E-state index is 12.8. The molecule has 158 valence electrons. The minimum atomic E-state index is 0.141. The molecule has 2 aromatic carbocycles. The molecule has 1 aliphatic heterocycles. The highest BCUT2D eigenvalue weighted by atomic mass is 32.2. The Morgan fingerprint density at radius 1 is 1.06 bits per heavy atom. The summed E-state index contributed by atoms with van der Waals surface area (Å²) < 4.78 is 5.23. The number of rotatable bonds is 5. The van der Waals surface area contributed by atoms with Crippen LogP contribution in [0.5, 0.6) is 5.75 Å². The Hall–Kier alpha value is -3.26. The predicted octanol–water partition coefficient (Wildman–Crippen LogP) is 3.56. The number of thioether (sulfide) groups is 1. The van der Waals surface area contributed by atoms with E-state index in [2.05, 4.69) is 32.0 Å². The number of H-pyrrole nitrogens is 1. The number of carbonyl (C=O) groups excluding carboxylic acids is 1. The zero-order valence-electron chi connectivity index (χ0n) is 17.2. The van der Waals surface area contributed by atoms with Gasteiger partial charge in [0.05, 0.1) is 18.4 Å². The van der Waals surface area contributed by atoms with Crippen LogP contribution in [0.1, 0.15) is 0 Å². The molecule has 0 aliphatic carbocycles. The van der Waals surface area contributed by atoms with Gasteiger partial charge in [0, 0.05) is 42.8 Å². The molecule has 0 radical (unpaired) electrons. The molecule has 1 aliphatic rings. The van der Waals surface area contributed by atoms with E-state index in [0.29, 0.717) is 5.75 Å². The topological polar surface area (TPSA) is 74.3 Å². The van der Waals surface area contributed by atoms with Crippen LogP contribution < -0.4 is 9.64 Å². The molecule has 0 bridgehead atoms. The fourth-order valence-corrected chi connectivity index (χ4v) is 4.81. The van der Waals surface area contributed by atoms with Crippen LogP contribution in [0.4, 0.5) is 5.69 Å². The van der Waals surface area contributed by atoms with Gasteiger partial charge in [0.1, 0.15) is 22.6 Å². The Bertz CT molecular complexity index is 1220. The molecule has 7 nitrogen and oxygen atoms in total. The van der Waals surface area contributed by atoms with Gasteiger partial charge in [-0.25, -0.2) is 9.97 Å². The van der Waals surface area contributed by atoms with Crippen molar-refractivity contribution >= 4 is 45.3 Å². The van der Waals surface area contributed by atoms with Crippen molar-refractivity contribution in [2.45, 2.75) is 5.03 Å². The molecule has 0 unspecified atom stereocenters. The van der Waals surface area contributed by atoms with Crippen molar-refractivity contribution in [3.63, 3.8) is 0 Å². The maximum Gasteiger partial charge on any atom is 0.233 e. The lowest BCUT2D eigenvalue weighted by Crippen LogP contribution is -2.49. The van der Waals surface area contributed by atoms with Crippen LogP contribution >= 0.6 is 11.8 Å². The van der Waals surface area contributed by atoms with Crippen LogP contribution in [0.25, 0.3) is 21.9 Å². The Balaban J connectivity index is 1.21. The summed E-state index contributed by atoms with van der Waals surface area (Å²) in [5.74, 6) is 1.36. The summed E-state index contributed by atoms with van der Waals surface area (Å²) in [7, 11) is 1.67. The van der Waals surface area contributed by atoms with Crippen molar-refractivity contribution in [2.24, 2.45) is 0 Å². The van der Waals surface area contributed by atoms with E-state index in [1.165, 1.54) is 11.8 Å². The number of anilines is 1. The molecule has 2 aromatic heterocycles. The Kier molecular flexibility index (Phi) is 5.38. The van der Waals surface area contributed by atoms with Gasteiger partial charge < -0.3 is 19.5 Å². The third-order valence-electron chi connectivity index (χ3n) is 5.66. The summed E-state index contributed by atoms with van der Waals surface area (Å²) in [5, 5.41) is 1.88. The molecule has 0 spiro atoms. The quantitative estimate of drug-likeness (QED) is 0.383. The highest BCUT2D eigenvalue weighted by molar-refractivity contribution is 8.00. The van der Waals surface area contributed by atoms with Crippen LogP contribution in [0.15, 0.2) is 59.9 Å². The largest absolute Gasteiger partial charge is 0.497 e. The second-order valence-corrected chi connectivity index (χ2v) is 8.39. The number of nitrogens with zero attached hydrogens (tertiary/aromatic N) is 4. The number of aromatic amines is 1. The van der Waals surface area contributed by atoms with Crippen molar-refractivity contribution in [3.8, 4) is 5.75 Å². The van der Waals surface area contributed by atoms with Crippen LogP contribution in [0.2, 0.25) is 0 Å². The number of para-hydroxylation sites is 1. The van der Waals surface area contributed by atoms with Crippen molar-refractivity contribution in [1.82, 2.24) is 19.9 Å². The number of methoxy groups -OCH3 is 1. The van der Waals surface area contributed by atoms with E-state index in [9.17, 15) is 4.79 Å². The summed E-state index contributed by atoms with van der Waals surface area (Å²) in [5.41, 5.74) is 3.98. The number of carbonyl (C=O) groups is 1. The lowest BCUT2D eigenvalue weighted by molar-refractivity contribution is -0.128. The third kappa shape index (κ3) is 3.90. The van der Waals surface area contributed by atoms with E-state index in [0.717, 1.165) is 64.6 Å².